The van der Waals surface area contributed by atoms with E-state index >= 15 is 0 Å². The van der Waals surface area contributed by atoms with Gasteiger partial charge in [0.25, 0.3) is 11.7 Å². The summed E-state index contributed by atoms with van der Waals surface area (Å²) in [4.78, 5) is 38.9. The lowest BCUT2D eigenvalue weighted by Gasteiger charge is -2.25. The van der Waals surface area contributed by atoms with Crippen LogP contribution in [0.2, 0.25) is 0 Å². The van der Waals surface area contributed by atoms with Crippen LogP contribution in [0.3, 0.4) is 0 Å². The largest absolute Gasteiger partial charge is 0.507 e. The molecule has 0 saturated carbocycles. The average Bonchev–Trinajstić information content (AvgIpc) is 3.05. The van der Waals surface area contributed by atoms with Gasteiger partial charge in [-0.05, 0) is 42.0 Å². The Hall–Kier alpha value is -3.71. The zero-order valence-electron chi connectivity index (χ0n) is 17.1. The summed E-state index contributed by atoms with van der Waals surface area (Å²) in [7, 11) is 0. The van der Waals surface area contributed by atoms with Gasteiger partial charge >= 0.3 is 0 Å². The maximum atomic E-state index is 13.1. The minimum absolute atomic E-state index is 0.0226. The number of amides is 2. The van der Waals surface area contributed by atoms with Crippen LogP contribution < -0.4 is 10.2 Å². The van der Waals surface area contributed by atoms with E-state index in [1.165, 1.54) is 11.8 Å². The second kappa shape index (κ2) is 8.80. The maximum Gasteiger partial charge on any atom is 0.300 e. The van der Waals surface area contributed by atoms with Gasteiger partial charge in [0.15, 0.2) is 0 Å². The Morgan fingerprint density at radius 3 is 2.16 bits per heavy atom. The maximum absolute atomic E-state index is 13.1. The molecule has 160 valence electrons. The van der Waals surface area contributed by atoms with E-state index in [1.807, 2.05) is 12.1 Å². The number of carbonyl (C=O) groups excluding carboxylic acids is 3. The molecular formula is C25H19BrN2O4. The Bertz CT molecular complexity index is 1220. The van der Waals surface area contributed by atoms with Crippen LogP contribution in [0.4, 0.5) is 11.4 Å². The molecule has 0 spiro atoms. The summed E-state index contributed by atoms with van der Waals surface area (Å²) >= 11 is 3.40. The third-order valence-corrected chi connectivity index (χ3v) is 5.67. The Morgan fingerprint density at radius 1 is 0.938 bits per heavy atom. The van der Waals surface area contributed by atoms with Gasteiger partial charge in [-0.3, -0.25) is 19.3 Å². The van der Waals surface area contributed by atoms with Crippen molar-refractivity contribution in [2.75, 3.05) is 10.2 Å². The molecule has 1 atom stereocenters. The molecule has 3 aromatic carbocycles. The van der Waals surface area contributed by atoms with Gasteiger partial charge in [-0.25, -0.2) is 0 Å². The van der Waals surface area contributed by atoms with Crippen molar-refractivity contribution in [1.29, 1.82) is 0 Å². The fraction of sp³-hybridized carbons (Fsp3) is 0.0800. The van der Waals surface area contributed by atoms with Crippen LogP contribution in [0.1, 0.15) is 24.1 Å². The van der Waals surface area contributed by atoms with Gasteiger partial charge in [0.1, 0.15) is 5.76 Å². The monoisotopic (exact) mass is 490 g/mol. The predicted molar refractivity (Wildman–Crippen MR) is 126 cm³/mol. The topological polar surface area (TPSA) is 86.7 Å². The lowest BCUT2D eigenvalue weighted by atomic mass is 9.95. The van der Waals surface area contributed by atoms with Crippen LogP contribution in [0.5, 0.6) is 0 Å². The van der Waals surface area contributed by atoms with Crippen LogP contribution in [-0.4, -0.2) is 22.7 Å². The summed E-state index contributed by atoms with van der Waals surface area (Å²) in [5, 5.41) is 13.7. The molecule has 0 aliphatic carbocycles. The zero-order valence-corrected chi connectivity index (χ0v) is 18.7. The van der Waals surface area contributed by atoms with Crippen molar-refractivity contribution in [3.05, 3.63) is 100 Å². The number of aliphatic hydroxyl groups excluding tert-OH is 1. The summed E-state index contributed by atoms with van der Waals surface area (Å²) in [6, 6.07) is 21.7. The number of carbonyl (C=O) groups is 3. The predicted octanol–water partition coefficient (Wildman–Crippen LogP) is 5.03. The smallest absolute Gasteiger partial charge is 0.300 e. The molecule has 2 N–H and O–H groups in total. The molecule has 0 unspecified atom stereocenters. The summed E-state index contributed by atoms with van der Waals surface area (Å²) in [5.74, 6) is -1.93. The molecule has 0 aromatic heterocycles. The van der Waals surface area contributed by atoms with Crippen molar-refractivity contribution in [1.82, 2.24) is 0 Å². The highest BCUT2D eigenvalue weighted by Gasteiger charge is 2.46. The quantitative estimate of drug-likeness (QED) is 0.305. The van der Waals surface area contributed by atoms with E-state index in [4.69, 9.17) is 0 Å². The molecule has 32 heavy (non-hydrogen) atoms. The van der Waals surface area contributed by atoms with Crippen LogP contribution in [0.25, 0.3) is 5.76 Å². The summed E-state index contributed by atoms with van der Waals surface area (Å²) in [5.41, 5.74) is 2.20. The third-order valence-electron chi connectivity index (χ3n) is 5.14. The second-order valence-corrected chi connectivity index (χ2v) is 8.23. The van der Waals surface area contributed by atoms with E-state index in [0.29, 0.717) is 22.5 Å². The molecule has 0 radical (unpaired) electrons. The fourth-order valence-corrected chi connectivity index (χ4v) is 3.98. The third kappa shape index (κ3) is 4.07. The number of hydrogen-bond donors (Lipinski definition) is 2. The van der Waals surface area contributed by atoms with E-state index in [-0.39, 0.29) is 17.2 Å². The SMILES string of the molecule is CC(=O)Nc1ccc(N2C(=O)C(=O)C(=C(O)c3ccccc3)[C@@H]2c2ccc(Br)cc2)cc1. The van der Waals surface area contributed by atoms with Gasteiger partial charge in [0.05, 0.1) is 11.6 Å². The van der Waals surface area contributed by atoms with Crippen molar-refractivity contribution in [2.24, 2.45) is 0 Å². The number of halogens is 1. The van der Waals surface area contributed by atoms with Crippen LogP contribution in [-0.2, 0) is 14.4 Å². The molecule has 1 fully saturated rings. The first-order chi connectivity index (χ1) is 15.4. The first kappa shape index (κ1) is 21.5. The number of ketones is 1. The molecular weight excluding hydrogens is 472 g/mol. The van der Waals surface area contributed by atoms with Crippen molar-refractivity contribution < 1.29 is 19.5 Å². The molecule has 1 aliphatic rings. The molecule has 7 heteroatoms. The van der Waals surface area contributed by atoms with Crippen molar-refractivity contribution >= 4 is 50.7 Å². The van der Waals surface area contributed by atoms with E-state index in [2.05, 4.69) is 21.2 Å². The van der Waals surface area contributed by atoms with Crippen LogP contribution in [0, 0.1) is 0 Å². The Balaban J connectivity index is 1.87. The number of anilines is 2. The summed E-state index contributed by atoms with van der Waals surface area (Å²) < 4.78 is 0.848. The molecule has 0 bridgehead atoms. The molecule has 4 rings (SSSR count). The molecule has 1 aliphatic heterocycles. The fourth-order valence-electron chi connectivity index (χ4n) is 3.72. The highest BCUT2D eigenvalue weighted by Crippen LogP contribution is 2.42. The molecule has 6 nitrogen and oxygen atoms in total. The second-order valence-electron chi connectivity index (χ2n) is 7.31. The number of Topliss-reactive ketones (excluding diaryl/α,β-unsaturated/α-hetero) is 1. The summed E-state index contributed by atoms with van der Waals surface area (Å²) in [6.45, 7) is 1.41. The standard InChI is InChI=1S/C25H19BrN2O4/c1-15(29)27-19-11-13-20(14-12-19)28-22(16-7-9-18(26)10-8-16)21(24(31)25(28)32)23(30)17-5-3-2-4-6-17/h2-14,22,30H,1H3,(H,27,29)/t22-/m0/s1. The van der Waals surface area contributed by atoms with Gasteiger partial charge in [0, 0.05) is 28.3 Å². The minimum atomic E-state index is -0.810. The van der Waals surface area contributed by atoms with Crippen LogP contribution >= 0.6 is 15.9 Å². The molecule has 2 amide bonds. The number of nitrogens with zero attached hydrogens (tertiary/aromatic N) is 1. The molecule has 3 aromatic rings. The van der Waals surface area contributed by atoms with E-state index in [0.717, 1.165) is 4.47 Å². The first-order valence-electron chi connectivity index (χ1n) is 9.86. The molecule has 1 saturated heterocycles. The summed E-state index contributed by atoms with van der Waals surface area (Å²) in [6.07, 6.45) is 0. The minimum Gasteiger partial charge on any atom is -0.507 e. The van der Waals surface area contributed by atoms with Gasteiger partial charge in [-0.1, -0.05) is 58.4 Å². The number of nitrogens with one attached hydrogen (secondary N) is 1. The van der Waals surface area contributed by atoms with Crippen molar-refractivity contribution in [3.8, 4) is 0 Å². The Labute approximate surface area is 193 Å². The van der Waals surface area contributed by atoms with E-state index in [9.17, 15) is 19.5 Å². The van der Waals surface area contributed by atoms with Gasteiger partial charge in [-0.15, -0.1) is 0 Å². The molecule has 1 heterocycles. The number of hydrogen-bond acceptors (Lipinski definition) is 4. The number of benzene rings is 3. The van der Waals surface area contributed by atoms with Gasteiger partial charge in [-0.2, -0.15) is 0 Å². The highest BCUT2D eigenvalue weighted by atomic mass is 79.9. The van der Waals surface area contributed by atoms with Crippen molar-refractivity contribution in [3.63, 3.8) is 0 Å². The number of aliphatic hydroxyl groups is 1. The van der Waals surface area contributed by atoms with Gasteiger partial charge in [0.2, 0.25) is 5.91 Å². The zero-order chi connectivity index (χ0) is 22.8. The Kier molecular flexibility index (Phi) is 5.92. The number of rotatable bonds is 4. The van der Waals surface area contributed by atoms with E-state index < -0.39 is 17.7 Å². The van der Waals surface area contributed by atoms with Crippen molar-refractivity contribution in [2.45, 2.75) is 13.0 Å². The Morgan fingerprint density at radius 2 is 1.56 bits per heavy atom. The highest BCUT2D eigenvalue weighted by molar-refractivity contribution is 9.10. The normalized spacial score (nSPS) is 17.4. The van der Waals surface area contributed by atoms with E-state index in [1.54, 1.807) is 66.7 Å². The van der Waals surface area contributed by atoms with Gasteiger partial charge < -0.3 is 10.4 Å². The lowest BCUT2D eigenvalue weighted by molar-refractivity contribution is -0.132. The van der Waals surface area contributed by atoms with Crippen LogP contribution in [0.15, 0.2) is 88.9 Å². The lowest BCUT2D eigenvalue weighted by Crippen LogP contribution is -2.29. The first-order valence-corrected chi connectivity index (χ1v) is 10.7. The average molecular weight is 491 g/mol.